The summed E-state index contributed by atoms with van der Waals surface area (Å²) < 4.78 is 12.6. The number of piperazine rings is 1. The Morgan fingerprint density at radius 3 is 2.43 bits per heavy atom. The average Bonchev–Trinajstić information content (AvgIpc) is 3.45. The Kier molecular flexibility index (Phi) is 8.30. The van der Waals surface area contributed by atoms with Crippen LogP contribution in [-0.4, -0.2) is 76.4 Å². The summed E-state index contributed by atoms with van der Waals surface area (Å²) in [6.07, 6.45) is 6.41. The molecule has 2 aliphatic rings. The summed E-state index contributed by atoms with van der Waals surface area (Å²) >= 11 is 0. The maximum absolute atomic E-state index is 5.40. The van der Waals surface area contributed by atoms with Crippen LogP contribution in [0.4, 0.5) is 0 Å². The van der Waals surface area contributed by atoms with Crippen LogP contribution in [0.3, 0.4) is 0 Å². The van der Waals surface area contributed by atoms with E-state index in [4.69, 9.17) is 9.47 Å². The van der Waals surface area contributed by atoms with Crippen LogP contribution in [0.5, 0.6) is 11.5 Å². The van der Waals surface area contributed by atoms with Crippen molar-refractivity contribution in [3.8, 4) is 11.5 Å². The third-order valence-electron chi connectivity index (χ3n) is 6.28. The van der Waals surface area contributed by atoms with Crippen molar-refractivity contribution in [3.05, 3.63) is 29.6 Å². The topological polar surface area (TPSA) is 68.5 Å². The van der Waals surface area contributed by atoms with Gasteiger partial charge in [0.15, 0.2) is 17.3 Å². The first kappa shape index (κ1) is 22.8. The van der Waals surface area contributed by atoms with Crippen molar-refractivity contribution in [2.45, 2.75) is 51.2 Å². The van der Waals surface area contributed by atoms with Crippen molar-refractivity contribution < 1.29 is 9.47 Å². The van der Waals surface area contributed by atoms with Gasteiger partial charge in [-0.15, -0.1) is 17.5 Å². The van der Waals surface area contributed by atoms with Crippen LogP contribution in [0.15, 0.2) is 18.2 Å². The zero-order valence-corrected chi connectivity index (χ0v) is 18.8. The van der Waals surface area contributed by atoms with E-state index in [1.165, 1.54) is 31.2 Å². The van der Waals surface area contributed by atoms with Crippen LogP contribution in [0.1, 0.15) is 37.1 Å². The molecule has 1 aliphatic heterocycles. The lowest BCUT2D eigenvalue weighted by atomic mass is 10.1. The minimum absolute atomic E-state index is 0. The number of hydrogen-bond acceptors (Lipinski definition) is 7. The van der Waals surface area contributed by atoms with Crippen LogP contribution < -0.4 is 9.47 Å². The Morgan fingerprint density at radius 1 is 1.00 bits per heavy atom. The molecule has 1 saturated carbocycles. The van der Waals surface area contributed by atoms with E-state index in [0.29, 0.717) is 0 Å². The highest BCUT2D eigenvalue weighted by molar-refractivity contribution is 5.85. The first-order valence-corrected chi connectivity index (χ1v) is 10.7. The van der Waals surface area contributed by atoms with Crippen LogP contribution in [0.25, 0.3) is 0 Å². The molecule has 8 nitrogen and oxygen atoms in total. The maximum atomic E-state index is 5.40. The van der Waals surface area contributed by atoms with Gasteiger partial charge in [-0.05, 0) is 47.4 Å². The molecule has 0 bridgehead atoms. The molecule has 166 valence electrons. The van der Waals surface area contributed by atoms with Crippen molar-refractivity contribution in [1.29, 1.82) is 0 Å². The number of hydrogen-bond donors (Lipinski definition) is 0. The fourth-order valence-corrected chi connectivity index (χ4v) is 4.54. The first-order valence-electron chi connectivity index (χ1n) is 10.7. The number of aromatic nitrogens is 4. The molecule has 0 unspecified atom stereocenters. The zero-order valence-electron chi connectivity index (χ0n) is 18.0. The molecular weight excluding hydrogens is 404 g/mol. The average molecular weight is 437 g/mol. The molecule has 1 aromatic heterocycles. The van der Waals surface area contributed by atoms with Crippen LogP contribution in [0.2, 0.25) is 0 Å². The molecule has 2 aromatic rings. The van der Waals surface area contributed by atoms with Gasteiger partial charge in [0.25, 0.3) is 0 Å². The number of methoxy groups -OCH3 is 2. The predicted molar refractivity (Wildman–Crippen MR) is 117 cm³/mol. The van der Waals surface area contributed by atoms with Crippen molar-refractivity contribution in [3.63, 3.8) is 0 Å². The second-order valence-corrected chi connectivity index (χ2v) is 8.01. The molecule has 30 heavy (non-hydrogen) atoms. The molecule has 2 fully saturated rings. The highest BCUT2D eigenvalue weighted by atomic mass is 35.5. The largest absolute Gasteiger partial charge is 0.493 e. The van der Waals surface area contributed by atoms with Gasteiger partial charge >= 0.3 is 0 Å². The Labute approximate surface area is 184 Å². The van der Waals surface area contributed by atoms with Gasteiger partial charge in [-0.1, -0.05) is 18.9 Å². The minimum Gasteiger partial charge on any atom is -0.493 e. The van der Waals surface area contributed by atoms with Gasteiger partial charge in [-0.25, -0.2) is 4.68 Å². The molecule has 0 radical (unpaired) electrons. The van der Waals surface area contributed by atoms with Crippen LogP contribution >= 0.6 is 12.4 Å². The molecule has 0 atom stereocenters. The lowest BCUT2D eigenvalue weighted by molar-refractivity contribution is 0.0911. The van der Waals surface area contributed by atoms with Crippen molar-refractivity contribution in [2.75, 3.05) is 40.4 Å². The number of halogens is 1. The van der Waals surface area contributed by atoms with Gasteiger partial charge in [0.05, 0.1) is 20.8 Å². The standard InChI is InChI=1S/C21H32N6O2.ClH/c1-28-19-8-7-17(15-20(19)29-2)9-10-27-21(22-23-24-27)16-25-11-13-26(14-12-25)18-5-3-4-6-18;/h7-8,15,18H,3-6,9-14,16H2,1-2H3;1H. The summed E-state index contributed by atoms with van der Waals surface area (Å²) in [5.74, 6) is 2.44. The van der Waals surface area contributed by atoms with Gasteiger partial charge in [-0.3, -0.25) is 9.80 Å². The third kappa shape index (κ3) is 5.42. The van der Waals surface area contributed by atoms with Crippen molar-refractivity contribution >= 4 is 12.4 Å². The lowest BCUT2D eigenvalue weighted by Gasteiger charge is -2.37. The second kappa shape index (κ2) is 10.9. The van der Waals surface area contributed by atoms with E-state index in [2.05, 4.69) is 31.4 Å². The minimum atomic E-state index is 0. The summed E-state index contributed by atoms with van der Waals surface area (Å²) in [4.78, 5) is 5.16. The molecule has 4 rings (SSSR count). The van der Waals surface area contributed by atoms with Crippen LogP contribution in [-0.2, 0) is 19.5 Å². The van der Waals surface area contributed by atoms with Gasteiger partial charge in [0.2, 0.25) is 0 Å². The Hall–Kier alpha value is -1.90. The molecule has 1 aromatic carbocycles. The second-order valence-electron chi connectivity index (χ2n) is 8.01. The number of ether oxygens (including phenoxy) is 2. The van der Waals surface area contributed by atoms with Gasteiger partial charge in [-0.2, -0.15) is 0 Å². The maximum Gasteiger partial charge on any atom is 0.165 e. The summed E-state index contributed by atoms with van der Waals surface area (Å²) in [7, 11) is 3.31. The van der Waals surface area contributed by atoms with E-state index >= 15 is 0 Å². The molecule has 2 heterocycles. The summed E-state index contributed by atoms with van der Waals surface area (Å²) in [5.41, 5.74) is 1.18. The Balaban J connectivity index is 0.00000256. The SMILES string of the molecule is COc1ccc(CCn2nnnc2CN2CCN(C3CCCC3)CC2)cc1OC.Cl. The Bertz CT molecular complexity index is 788. The lowest BCUT2D eigenvalue weighted by Crippen LogP contribution is -2.49. The fourth-order valence-electron chi connectivity index (χ4n) is 4.54. The molecule has 1 aliphatic carbocycles. The monoisotopic (exact) mass is 436 g/mol. The molecular formula is C21H33ClN6O2. The fraction of sp³-hybridized carbons (Fsp3) is 0.667. The highest BCUT2D eigenvalue weighted by Gasteiger charge is 2.26. The van der Waals surface area contributed by atoms with E-state index in [1.54, 1.807) is 14.2 Å². The molecule has 0 spiro atoms. The number of nitrogens with zero attached hydrogens (tertiary/aromatic N) is 6. The first-order chi connectivity index (χ1) is 14.3. The van der Waals surface area contributed by atoms with E-state index in [-0.39, 0.29) is 12.4 Å². The van der Waals surface area contributed by atoms with Crippen molar-refractivity contribution in [2.24, 2.45) is 0 Å². The molecule has 0 N–H and O–H groups in total. The quantitative estimate of drug-likeness (QED) is 0.629. The molecule has 0 amide bonds. The van der Waals surface area contributed by atoms with E-state index in [9.17, 15) is 0 Å². The zero-order chi connectivity index (χ0) is 20.1. The molecule has 1 saturated heterocycles. The highest BCUT2D eigenvalue weighted by Crippen LogP contribution is 2.28. The smallest absolute Gasteiger partial charge is 0.165 e. The van der Waals surface area contributed by atoms with Gasteiger partial charge < -0.3 is 9.47 Å². The number of rotatable bonds is 8. The van der Waals surface area contributed by atoms with E-state index in [0.717, 1.165) is 69.1 Å². The van der Waals surface area contributed by atoms with Gasteiger partial charge in [0, 0.05) is 38.8 Å². The summed E-state index contributed by atoms with van der Waals surface area (Å²) in [6.45, 7) is 6.09. The number of aryl methyl sites for hydroxylation is 2. The number of benzene rings is 1. The Morgan fingerprint density at radius 2 is 1.73 bits per heavy atom. The van der Waals surface area contributed by atoms with Crippen LogP contribution in [0, 0.1) is 0 Å². The van der Waals surface area contributed by atoms with E-state index in [1.807, 2.05) is 16.8 Å². The number of tetrazole rings is 1. The normalized spacial score (nSPS) is 18.3. The summed E-state index contributed by atoms with van der Waals surface area (Å²) in [6, 6.07) is 6.85. The summed E-state index contributed by atoms with van der Waals surface area (Å²) in [5, 5.41) is 12.4. The van der Waals surface area contributed by atoms with Crippen molar-refractivity contribution in [1.82, 2.24) is 30.0 Å². The predicted octanol–water partition coefficient (Wildman–Crippen LogP) is 2.42. The van der Waals surface area contributed by atoms with E-state index < -0.39 is 0 Å². The van der Waals surface area contributed by atoms with Gasteiger partial charge in [0.1, 0.15) is 0 Å². The third-order valence-corrected chi connectivity index (χ3v) is 6.28. The molecule has 9 heteroatoms.